The summed E-state index contributed by atoms with van der Waals surface area (Å²) >= 11 is 0. The molecule has 0 spiro atoms. The molecule has 0 fully saturated rings. The normalized spacial score (nSPS) is 12.0. The monoisotopic (exact) mass is 574 g/mol. The van der Waals surface area contributed by atoms with Crippen molar-refractivity contribution in [2.45, 2.75) is 6.92 Å². The zero-order valence-electron chi connectivity index (χ0n) is 23.0. The molecule has 1 aromatic heterocycles. The number of phenolic OH excluding ortho intramolecular Hbond substituents is 3. The number of amides is 1. The van der Waals surface area contributed by atoms with Crippen molar-refractivity contribution in [3.8, 4) is 17.2 Å². The Bertz CT molecular complexity index is 1360. The van der Waals surface area contributed by atoms with Crippen molar-refractivity contribution in [3.63, 3.8) is 0 Å². The fourth-order valence-corrected chi connectivity index (χ4v) is 4.40. The fraction of sp³-hybridized carbons (Fsp3) is 0.481. The van der Waals surface area contributed by atoms with Crippen molar-refractivity contribution in [2.24, 2.45) is 4.99 Å². The Labute approximate surface area is 236 Å². The molecule has 14 heteroatoms. The van der Waals surface area contributed by atoms with E-state index in [2.05, 4.69) is 20.3 Å². The number of aliphatic hydroxyl groups excluding tert-OH is 4. The Morgan fingerprint density at radius 3 is 2.00 bits per heavy atom. The van der Waals surface area contributed by atoms with Crippen molar-refractivity contribution in [1.82, 2.24) is 25.1 Å². The number of benzene rings is 2. The van der Waals surface area contributed by atoms with Crippen molar-refractivity contribution >= 4 is 34.2 Å². The molecule has 0 bridgehead atoms. The van der Waals surface area contributed by atoms with Gasteiger partial charge in [-0.1, -0.05) is 0 Å². The maximum absolute atomic E-state index is 13.1. The molecule has 41 heavy (non-hydrogen) atoms. The first-order valence-electron chi connectivity index (χ1n) is 13.3. The predicted molar refractivity (Wildman–Crippen MR) is 153 cm³/mol. The minimum atomic E-state index is -0.497. The lowest BCUT2D eigenvalue weighted by Gasteiger charge is -2.20. The predicted octanol–water partition coefficient (Wildman–Crippen LogP) is -1.07. The standard InChI is InChI=1S/C27H38N6O8/c1-17-25(39)19(16-28-4-6-32(8-12-34)9-13-35)22-24(26(17)40)31-21-18(2-3-20(38)23(21)30-22)27(41)29-5-7-33(10-14-36)11-15-37/h2-3,16,34-40H,4-15H2,1H3,(H,29,41). The van der Waals surface area contributed by atoms with Crippen LogP contribution in [0.25, 0.3) is 22.1 Å². The van der Waals surface area contributed by atoms with Gasteiger partial charge in [-0.2, -0.15) is 0 Å². The molecule has 0 aliphatic rings. The van der Waals surface area contributed by atoms with E-state index < -0.39 is 5.91 Å². The smallest absolute Gasteiger partial charge is 0.253 e. The molecule has 8 N–H and O–H groups in total. The minimum Gasteiger partial charge on any atom is -0.507 e. The highest BCUT2D eigenvalue weighted by atomic mass is 16.3. The number of hydrogen-bond donors (Lipinski definition) is 8. The van der Waals surface area contributed by atoms with Crippen LogP contribution in [0.5, 0.6) is 17.2 Å². The van der Waals surface area contributed by atoms with E-state index in [9.17, 15) is 30.3 Å². The van der Waals surface area contributed by atoms with E-state index in [0.717, 1.165) is 0 Å². The Morgan fingerprint density at radius 2 is 1.39 bits per heavy atom. The molecular weight excluding hydrogens is 536 g/mol. The van der Waals surface area contributed by atoms with Gasteiger partial charge in [0.15, 0.2) is 0 Å². The van der Waals surface area contributed by atoms with E-state index in [1.54, 1.807) is 4.90 Å². The van der Waals surface area contributed by atoms with E-state index in [4.69, 9.17) is 10.2 Å². The van der Waals surface area contributed by atoms with E-state index in [1.807, 2.05) is 4.90 Å². The second-order valence-electron chi connectivity index (χ2n) is 9.36. The quantitative estimate of drug-likeness (QED) is 0.0758. The van der Waals surface area contributed by atoms with Gasteiger partial charge in [-0.15, -0.1) is 0 Å². The number of carbonyl (C=O) groups excluding carboxylic acids is 1. The lowest BCUT2D eigenvalue weighted by Crippen LogP contribution is -2.37. The number of aliphatic hydroxyl groups is 4. The van der Waals surface area contributed by atoms with Gasteiger partial charge in [0.25, 0.3) is 5.91 Å². The second kappa shape index (κ2) is 15.4. The first-order valence-corrected chi connectivity index (χ1v) is 13.3. The van der Waals surface area contributed by atoms with E-state index in [1.165, 1.54) is 25.3 Å². The second-order valence-corrected chi connectivity index (χ2v) is 9.36. The summed E-state index contributed by atoms with van der Waals surface area (Å²) in [5, 5.41) is 71.6. The number of aliphatic imine (C=N–C) groups is 1. The summed E-state index contributed by atoms with van der Waals surface area (Å²) in [6.07, 6.45) is 1.39. The van der Waals surface area contributed by atoms with Crippen molar-refractivity contribution in [1.29, 1.82) is 0 Å². The molecule has 0 aliphatic heterocycles. The van der Waals surface area contributed by atoms with Gasteiger partial charge in [-0.05, 0) is 19.1 Å². The van der Waals surface area contributed by atoms with Crippen LogP contribution < -0.4 is 5.32 Å². The lowest BCUT2D eigenvalue weighted by molar-refractivity contribution is 0.0945. The zero-order chi connectivity index (χ0) is 29.9. The van der Waals surface area contributed by atoms with Gasteiger partial charge in [0.1, 0.15) is 39.3 Å². The summed E-state index contributed by atoms with van der Waals surface area (Å²) in [5.41, 5.74) is 0.521. The average Bonchev–Trinajstić information content (AvgIpc) is 2.95. The van der Waals surface area contributed by atoms with Crippen LogP contribution in [-0.2, 0) is 0 Å². The molecule has 1 heterocycles. The van der Waals surface area contributed by atoms with Crippen molar-refractivity contribution < 1.29 is 40.5 Å². The summed E-state index contributed by atoms with van der Waals surface area (Å²) in [6.45, 7) is 3.96. The Morgan fingerprint density at radius 1 is 0.805 bits per heavy atom. The van der Waals surface area contributed by atoms with Crippen LogP contribution in [0.4, 0.5) is 0 Å². The third-order valence-electron chi connectivity index (χ3n) is 6.64. The first kappa shape index (κ1) is 31.9. The maximum Gasteiger partial charge on any atom is 0.253 e. The Balaban J connectivity index is 1.96. The van der Waals surface area contributed by atoms with Gasteiger partial charge in [-0.25, -0.2) is 9.97 Å². The summed E-state index contributed by atoms with van der Waals surface area (Å²) < 4.78 is 0. The number of nitrogens with one attached hydrogen (secondary N) is 1. The summed E-state index contributed by atoms with van der Waals surface area (Å²) in [5.74, 6) is -1.35. The molecule has 0 aliphatic carbocycles. The van der Waals surface area contributed by atoms with Crippen LogP contribution in [0.3, 0.4) is 0 Å². The van der Waals surface area contributed by atoms with Gasteiger partial charge in [0.05, 0.1) is 44.1 Å². The van der Waals surface area contributed by atoms with Gasteiger partial charge < -0.3 is 41.1 Å². The van der Waals surface area contributed by atoms with Crippen LogP contribution in [0.2, 0.25) is 0 Å². The highest BCUT2D eigenvalue weighted by Crippen LogP contribution is 2.38. The maximum atomic E-state index is 13.1. The van der Waals surface area contributed by atoms with Crippen LogP contribution in [-0.4, -0.2) is 146 Å². The molecular formula is C27H38N6O8. The number of aromatic hydroxyl groups is 3. The lowest BCUT2D eigenvalue weighted by atomic mass is 10.0. The van der Waals surface area contributed by atoms with E-state index in [0.29, 0.717) is 39.3 Å². The average molecular weight is 575 g/mol. The molecule has 0 radical (unpaired) electrons. The Hall–Kier alpha value is -3.66. The summed E-state index contributed by atoms with van der Waals surface area (Å²) in [4.78, 5) is 30.0. The largest absolute Gasteiger partial charge is 0.507 e. The number of carbonyl (C=O) groups is 1. The van der Waals surface area contributed by atoms with E-state index >= 15 is 0 Å². The highest BCUT2D eigenvalue weighted by molar-refractivity contribution is 6.10. The molecule has 0 saturated heterocycles. The molecule has 0 atom stereocenters. The van der Waals surface area contributed by atoms with Crippen LogP contribution in [0, 0.1) is 6.92 Å². The van der Waals surface area contributed by atoms with Gasteiger partial charge in [0, 0.05) is 57.6 Å². The third-order valence-corrected chi connectivity index (χ3v) is 6.64. The van der Waals surface area contributed by atoms with Gasteiger partial charge in [-0.3, -0.25) is 19.6 Å². The third kappa shape index (κ3) is 7.75. The number of phenols is 3. The number of aromatic nitrogens is 2. The summed E-state index contributed by atoms with van der Waals surface area (Å²) in [7, 11) is 0. The molecule has 2 aromatic carbocycles. The minimum absolute atomic E-state index is 0.00755. The van der Waals surface area contributed by atoms with Crippen molar-refractivity contribution in [3.05, 3.63) is 28.8 Å². The first-order chi connectivity index (χ1) is 19.8. The molecule has 1 amide bonds. The molecule has 3 rings (SSSR count). The van der Waals surface area contributed by atoms with Crippen LogP contribution in [0.15, 0.2) is 17.1 Å². The van der Waals surface area contributed by atoms with Crippen molar-refractivity contribution in [2.75, 3.05) is 78.8 Å². The molecule has 0 saturated carbocycles. The molecule has 14 nitrogen and oxygen atoms in total. The topological polar surface area (TPSA) is 215 Å². The number of nitrogens with zero attached hydrogens (tertiary/aromatic N) is 5. The zero-order valence-corrected chi connectivity index (χ0v) is 23.0. The fourth-order valence-electron chi connectivity index (χ4n) is 4.40. The van der Waals surface area contributed by atoms with Crippen LogP contribution in [0.1, 0.15) is 21.5 Å². The van der Waals surface area contributed by atoms with Gasteiger partial charge in [0.2, 0.25) is 0 Å². The highest BCUT2D eigenvalue weighted by Gasteiger charge is 2.22. The SMILES string of the molecule is Cc1c(O)c(C=NCCN(CCO)CCO)c2nc3c(O)ccc(C(=O)NCCN(CCO)CCO)c3nc2c1O. The number of rotatable bonds is 16. The number of hydrogen-bond acceptors (Lipinski definition) is 13. The molecule has 224 valence electrons. The molecule has 0 unspecified atom stereocenters. The Kier molecular flexibility index (Phi) is 11.9. The molecule has 3 aromatic rings. The van der Waals surface area contributed by atoms with Crippen LogP contribution >= 0.6 is 0 Å². The van der Waals surface area contributed by atoms with E-state index in [-0.39, 0.29) is 95.5 Å². The summed E-state index contributed by atoms with van der Waals surface area (Å²) in [6, 6.07) is 2.70. The van der Waals surface area contributed by atoms with Gasteiger partial charge >= 0.3 is 0 Å². The number of fused-ring (bicyclic) bond motifs is 2.